The van der Waals surface area contributed by atoms with Crippen molar-refractivity contribution in [1.82, 2.24) is 19.5 Å². The first-order valence-corrected chi connectivity index (χ1v) is 15.5. The molecule has 0 spiro atoms. The molecule has 0 radical (unpaired) electrons. The fourth-order valence-corrected chi connectivity index (χ4v) is 6.50. The molecule has 0 amide bonds. The lowest BCUT2D eigenvalue weighted by atomic mass is 10.1. The van der Waals surface area contributed by atoms with Gasteiger partial charge in [-0.1, -0.05) is 97.1 Å². The van der Waals surface area contributed by atoms with Crippen LogP contribution in [-0.4, -0.2) is 19.5 Å². The van der Waals surface area contributed by atoms with Crippen molar-refractivity contribution in [3.05, 3.63) is 163 Å². The Morgan fingerprint density at radius 3 is 1.47 bits per heavy atom. The smallest absolute Gasteiger partial charge is 0.188 e. The second-order valence-corrected chi connectivity index (χ2v) is 11.6. The summed E-state index contributed by atoms with van der Waals surface area (Å²) in [7, 11) is 0. The Kier molecular flexibility index (Phi) is 6.12. The molecule has 0 atom stereocenters. The van der Waals surface area contributed by atoms with Crippen LogP contribution in [0.4, 0.5) is 5.69 Å². The third-order valence-corrected chi connectivity index (χ3v) is 8.80. The highest BCUT2D eigenvalue weighted by Crippen LogP contribution is 2.37. The molecule has 2 heterocycles. The van der Waals surface area contributed by atoms with Crippen molar-refractivity contribution in [2.45, 2.75) is 0 Å². The molecule has 2 aromatic heterocycles. The summed E-state index contributed by atoms with van der Waals surface area (Å²) in [6.07, 6.45) is 0. The summed E-state index contributed by atoms with van der Waals surface area (Å²) in [6.45, 7) is 7.68. The largest absolute Gasteiger partial charge is 0.309 e. The molecule has 0 N–H and O–H groups in total. The van der Waals surface area contributed by atoms with Gasteiger partial charge in [0.15, 0.2) is 23.2 Å². The minimum atomic E-state index is 0.593. The molecule has 5 nitrogen and oxygen atoms in total. The Morgan fingerprint density at radius 1 is 0.426 bits per heavy atom. The van der Waals surface area contributed by atoms with Crippen LogP contribution in [0.3, 0.4) is 0 Å². The monoisotopic (exact) mass is 599 g/mol. The van der Waals surface area contributed by atoms with E-state index in [2.05, 4.69) is 100 Å². The molecule has 5 heteroatoms. The summed E-state index contributed by atoms with van der Waals surface area (Å²) in [5, 5.41) is 6.64. The molecule has 9 rings (SSSR count). The number of hydrogen-bond donors (Lipinski definition) is 0. The third kappa shape index (κ3) is 4.59. The molecule has 7 aromatic carbocycles. The SMILES string of the molecule is [C-]#[N+]c1ccc2c(c1)c1cc(-c3nc(-c4ccc5ccccc5c4)nc(-c4ccc5ccccc5c4)n3)ccc1n2-c1ccccc1. The van der Waals surface area contributed by atoms with E-state index in [0.717, 1.165) is 55.0 Å². The van der Waals surface area contributed by atoms with E-state index >= 15 is 0 Å². The van der Waals surface area contributed by atoms with Crippen LogP contribution in [0.25, 0.3) is 88.0 Å². The highest BCUT2D eigenvalue weighted by atomic mass is 15.0. The van der Waals surface area contributed by atoms with E-state index in [-0.39, 0.29) is 0 Å². The number of rotatable bonds is 4. The first-order valence-electron chi connectivity index (χ1n) is 15.5. The van der Waals surface area contributed by atoms with E-state index in [1.807, 2.05) is 60.7 Å². The lowest BCUT2D eigenvalue weighted by Crippen LogP contribution is -2.00. The molecule has 218 valence electrons. The molecule has 0 saturated carbocycles. The lowest BCUT2D eigenvalue weighted by Gasteiger charge is -2.10. The molecule has 0 aliphatic heterocycles. The lowest BCUT2D eigenvalue weighted by molar-refractivity contribution is 1.08. The maximum absolute atomic E-state index is 7.68. The molecule has 0 unspecified atom stereocenters. The Balaban J connectivity index is 1.28. The maximum atomic E-state index is 7.68. The van der Waals surface area contributed by atoms with Gasteiger partial charge in [-0.25, -0.2) is 19.8 Å². The van der Waals surface area contributed by atoms with Crippen molar-refractivity contribution in [3.8, 4) is 39.9 Å². The van der Waals surface area contributed by atoms with E-state index < -0.39 is 0 Å². The van der Waals surface area contributed by atoms with Crippen LogP contribution in [-0.2, 0) is 0 Å². The highest BCUT2D eigenvalue weighted by molar-refractivity contribution is 6.11. The van der Waals surface area contributed by atoms with Gasteiger partial charge in [0.2, 0.25) is 0 Å². The first-order chi connectivity index (χ1) is 23.2. The summed E-state index contributed by atoms with van der Waals surface area (Å²) >= 11 is 0. The number of aromatic nitrogens is 4. The van der Waals surface area contributed by atoms with E-state index in [0.29, 0.717) is 23.2 Å². The summed E-state index contributed by atoms with van der Waals surface area (Å²) in [4.78, 5) is 18.9. The zero-order chi connectivity index (χ0) is 31.3. The van der Waals surface area contributed by atoms with Crippen LogP contribution in [0.1, 0.15) is 0 Å². The van der Waals surface area contributed by atoms with Crippen LogP contribution in [0.2, 0.25) is 0 Å². The summed E-state index contributed by atoms with van der Waals surface area (Å²) in [6, 6.07) is 51.9. The zero-order valence-electron chi connectivity index (χ0n) is 25.2. The quantitative estimate of drug-likeness (QED) is 0.189. The van der Waals surface area contributed by atoms with Crippen molar-refractivity contribution in [3.63, 3.8) is 0 Å². The Labute approximate surface area is 270 Å². The molecule has 0 bridgehead atoms. The minimum Gasteiger partial charge on any atom is -0.309 e. The molecular formula is C42H25N5. The van der Waals surface area contributed by atoms with Crippen molar-refractivity contribution < 1.29 is 0 Å². The summed E-state index contributed by atoms with van der Waals surface area (Å²) in [5.74, 6) is 1.83. The Bertz CT molecular complexity index is 2600. The van der Waals surface area contributed by atoms with Crippen molar-refractivity contribution in [2.24, 2.45) is 0 Å². The number of hydrogen-bond acceptors (Lipinski definition) is 3. The van der Waals surface area contributed by atoms with Gasteiger partial charge in [-0.2, -0.15) is 0 Å². The van der Waals surface area contributed by atoms with E-state index in [4.69, 9.17) is 21.5 Å². The van der Waals surface area contributed by atoms with E-state index in [1.54, 1.807) is 0 Å². The predicted molar refractivity (Wildman–Crippen MR) is 192 cm³/mol. The molecule has 9 aromatic rings. The maximum Gasteiger partial charge on any atom is 0.188 e. The fraction of sp³-hybridized carbons (Fsp3) is 0. The summed E-state index contributed by atoms with van der Waals surface area (Å²) in [5.41, 5.74) is 6.50. The second kappa shape index (κ2) is 10.8. The molecule has 0 aliphatic carbocycles. The van der Waals surface area contributed by atoms with Gasteiger partial charge in [0.25, 0.3) is 0 Å². The molecule has 0 saturated heterocycles. The van der Waals surface area contributed by atoms with Gasteiger partial charge in [-0.15, -0.1) is 0 Å². The van der Waals surface area contributed by atoms with Gasteiger partial charge in [-0.05, 0) is 81.5 Å². The molecule has 0 fully saturated rings. The van der Waals surface area contributed by atoms with Crippen LogP contribution >= 0.6 is 0 Å². The van der Waals surface area contributed by atoms with Gasteiger partial charge in [0, 0.05) is 27.8 Å². The van der Waals surface area contributed by atoms with Crippen molar-refractivity contribution in [1.29, 1.82) is 0 Å². The average molecular weight is 600 g/mol. The topological polar surface area (TPSA) is 48.0 Å². The van der Waals surface area contributed by atoms with Crippen LogP contribution in [0.5, 0.6) is 0 Å². The number of para-hydroxylation sites is 1. The van der Waals surface area contributed by atoms with Crippen molar-refractivity contribution in [2.75, 3.05) is 0 Å². The number of nitrogens with zero attached hydrogens (tertiary/aromatic N) is 5. The van der Waals surface area contributed by atoms with Gasteiger partial charge >= 0.3 is 0 Å². The van der Waals surface area contributed by atoms with Crippen LogP contribution in [0.15, 0.2) is 152 Å². The van der Waals surface area contributed by atoms with Gasteiger partial charge in [0.1, 0.15) is 0 Å². The number of benzene rings is 7. The summed E-state index contributed by atoms with van der Waals surface area (Å²) < 4.78 is 2.25. The second-order valence-electron chi connectivity index (χ2n) is 11.6. The van der Waals surface area contributed by atoms with E-state index in [9.17, 15) is 0 Å². The molecular weight excluding hydrogens is 574 g/mol. The van der Waals surface area contributed by atoms with Crippen molar-refractivity contribution >= 4 is 49.0 Å². The third-order valence-electron chi connectivity index (χ3n) is 8.80. The highest BCUT2D eigenvalue weighted by Gasteiger charge is 2.17. The van der Waals surface area contributed by atoms with Crippen LogP contribution < -0.4 is 0 Å². The average Bonchev–Trinajstić information content (AvgIpc) is 3.47. The number of fused-ring (bicyclic) bond motifs is 5. The fourth-order valence-electron chi connectivity index (χ4n) is 6.50. The predicted octanol–water partition coefficient (Wildman–Crippen LogP) is 10.8. The minimum absolute atomic E-state index is 0.593. The molecule has 0 aliphatic rings. The Morgan fingerprint density at radius 2 is 0.894 bits per heavy atom. The zero-order valence-corrected chi connectivity index (χ0v) is 25.2. The Hall–Kier alpha value is -6.64. The first kappa shape index (κ1) is 26.7. The van der Waals surface area contributed by atoms with E-state index in [1.165, 1.54) is 10.8 Å². The van der Waals surface area contributed by atoms with Gasteiger partial charge in [0.05, 0.1) is 17.6 Å². The normalized spacial score (nSPS) is 11.4. The molecule has 47 heavy (non-hydrogen) atoms. The standard InChI is InChI=1S/C42H25N5/c1-43-34-20-22-39-37(26-34)36-25-33(19-21-38(36)47(39)35-13-3-2-4-14-35)42-45-40(31-17-15-27-9-5-7-11-29(27)23-31)44-41(46-42)32-18-16-28-10-6-8-12-30(28)24-32/h2-26H. The van der Waals surface area contributed by atoms with Gasteiger partial charge < -0.3 is 4.57 Å². The van der Waals surface area contributed by atoms with Gasteiger partial charge in [-0.3, -0.25) is 0 Å². The van der Waals surface area contributed by atoms with Crippen LogP contribution in [0, 0.1) is 6.57 Å².